The van der Waals surface area contributed by atoms with Crippen molar-refractivity contribution in [3.05, 3.63) is 51.5 Å². The third-order valence-corrected chi connectivity index (χ3v) is 4.42. The van der Waals surface area contributed by atoms with Gasteiger partial charge in [0.15, 0.2) is 11.5 Å². The maximum atomic E-state index is 12.7. The lowest BCUT2D eigenvalue weighted by Crippen LogP contribution is -2.20. The van der Waals surface area contributed by atoms with Crippen LogP contribution in [0.5, 0.6) is 11.5 Å². The minimum absolute atomic E-state index is 0.205. The zero-order chi connectivity index (χ0) is 19.3. The van der Waals surface area contributed by atoms with Crippen molar-refractivity contribution in [3.63, 3.8) is 0 Å². The summed E-state index contributed by atoms with van der Waals surface area (Å²) in [6, 6.07) is 8.46. The maximum Gasteiger partial charge on any atom is 0.255 e. The Bertz CT molecular complexity index is 837. The topological polar surface area (TPSA) is 76.7 Å². The number of halogens is 1. The summed E-state index contributed by atoms with van der Waals surface area (Å²) < 4.78 is 11.5. The Morgan fingerprint density at radius 2 is 1.92 bits per heavy atom. The largest absolute Gasteiger partial charge is 0.493 e. The monoisotopic (exact) mass is 420 g/mol. The predicted molar refractivity (Wildman–Crippen MR) is 104 cm³/mol. The molecule has 0 saturated carbocycles. The lowest BCUT2D eigenvalue weighted by atomic mass is 10.1. The molecule has 26 heavy (non-hydrogen) atoms. The molecule has 2 amide bonds. The summed E-state index contributed by atoms with van der Waals surface area (Å²) in [6.07, 6.45) is 0. The second kappa shape index (κ2) is 8.71. The molecule has 0 unspecified atom stereocenters. The van der Waals surface area contributed by atoms with E-state index in [1.807, 2.05) is 6.92 Å². The van der Waals surface area contributed by atoms with Crippen molar-refractivity contribution in [2.45, 2.75) is 13.8 Å². The van der Waals surface area contributed by atoms with Gasteiger partial charge in [-0.15, -0.1) is 0 Å². The lowest BCUT2D eigenvalue weighted by Gasteiger charge is -2.15. The van der Waals surface area contributed by atoms with Crippen LogP contribution >= 0.6 is 15.9 Å². The molecule has 0 aliphatic carbocycles. The van der Waals surface area contributed by atoms with Gasteiger partial charge in [-0.25, -0.2) is 0 Å². The van der Waals surface area contributed by atoms with Crippen molar-refractivity contribution in [2.75, 3.05) is 26.1 Å². The van der Waals surface area contributed by atoms with E-state index in [-0.39, 0.29) is 11.8 Å². The third kappa shape index (κ3) is 4.16. The first-order chi connectivity index (χ1) is 12.4. The number of methoxy groups -OCH3 is 1. The Balaban J connectivity index is 2.34. The molecule has 0 saturated heterocycles. The fraction of sp³-hybridized carbons (Fsp3) is 0.263. The Morgan fingerprint density at radius 1 is 1.19 bits per heavy atom. The normalized spacial score (nSPS) is 10.2. The molecular formula is C19H21BrN2O4. The van der Waals surface area contributed by atoms with Crippen LogP contribution in [-0.2, 0) is 0 Å². The van der Waals surface area contributed by atoms with E-state index in [1.165, 1.54) is 7.11 Å². The molecule has 0 aliphatic rings. The number of hydrogen-bond acceptors (Lipinski definition) is 4. The summed E-state index contributed by atoms with van der Waals surface area (Å²) in [6.45, 7) is 4.13. The summed E-state index contributed by atoms with van der Waals surface area (Å²) in [5.41, 5.74) is 2.18. The van der Waals surface area contributed by atoms with Crippen LogP contribution in [-0.4, -0.2) is 32.6 Å². The first-order valence-corrected chi connectivity index (χ1v) is 8.85. The van der Waals surface area contributed by atoms with Gasteiger partial charge in [0, 0.05) is 23.9 Å². The molecule has 0 aliphatic heterocycles. The smallest absolute Gasteiger partial charge is 0.255 e. The highest BCUT2D eigenvalue weighted by molar-refractivity contribution is 9.10. The SMILES string of the molecule is CCOc1c(Br)cc(C(=O)Nc2cccc(C(=O)NC)c2C)cc1OC. The number of benzene rings is 2. The molecule has 138 valence electrons. The third-order valence-electron chi connectivity index (χ3n) is 3.83. The predicted octanol–water partition coefficient (Wildman–Crippen LogP) is 3.78. The Kier molecular flexibility index (Phi) is 6.63. The zero-order valence-corrected chi connectivity index (χ0v) is 16.7. The molecule has 0 heterocycles. The quantitative estimate of drug-likeness (QED) is 0.745. The van der Waals surface area contributed by atoms with Crippen LogP contribution in [0.2, 0.25) is 0 Å². The van der Waals surface area contributed by atoms with E-state index in [0.29, 0.717) is 45.0 Å². The van der Waals surface area contributed by atoms with E-state index in [2.05, 4.69) is 26.6 Å². The van der Waals surface area contributed by atoms with Crippen molar-refractivity contribution in [1.82, 2.24) is 5.32 Å². The van der Waals surface area contributed by atoms with Gasteiger partial charge in [0.25, 0.3) is 11.8 Å². The highest BCUT2D eigenvalue weighted by Gasteiger charge is 2.17. The first-order valence-electron chi connectivity index (χ1n) is 8.06. The summed E-state index contributed by atoms with van der Waals surface area (Å²) in [5, 5.41) is 5.43. The maximum absolute atomic E-state index is 12.7. The van der Waals surface area contributed by atoms with Crippen molar-refractivity contribution >= 4 is 33.4 Å². The van der Waals surface area contributed by atoms with E-state index >= 15 is 0 Å². The summed E-state index contributed by atoms with van der Waals surface area (Å²) >= 11 is 3.41. The van der Waals surface area contributed by atoms with Crippen LogP contribution < -0.4 is 20.1 Å². The molecule has 2 aromatic carbocycles. The van der Waals surface area contributed by atoms with Crippen LogP contribution in [0.25, 0.3) is 0 Å². The van der Waals surface area contributed by atoms with E-state index in [9.17, 15) is 9.59 Å². The molecule has 0 aromatic heterocycles. The van der Waals surface area contributed by atoms with Gasteiger partial charge >= 0.3 is 0 Å². The average Bonchev–Trinajstić information content (AvgIpc) is 2.64. The number of ether oxygens (including phenoxy) is 2. The molecule has 6 nitrogen and oxygen atoms in total. The van der Waals surface area contributed by atoms with Crippen LogP contribution in [0, 0.1) is 6.92 Å². The minimum atomic E-state index is -0.316. The molecule has 0 fully saturated rings. The number of hydrogen-bond donors (Lipinski definition) is 2. The van der Waals surface area contributed by atoms with Gasteiger partial charge in [0.05, 0.1) is 18.2 Å². The van der Waals surface area contributed by atoms with Crippen molar-refractivity contribution in [3.8, 4) is 11.5 Å². The van der Waals surface area contributed by atoms with E-state index < -0.39 is 0 Å². The highest BCUT2D eigenvalue weighted by atomic mass is 79.9. The molecule has 0 bridgehead atoms. The number of carbonyl (C=O) groups is 2. The second-order valence-electron chi connectivity index (χ2n) is 5.43. The molecule has 2 N–H and O–H groups in total. The van der Waals surface area contributed by atoms with Gasteiger partial charge in [-0.1, -0.05) is 6.07 Å². The van der Waals surface area contributed by atoms with Gasteiger partial charge in [-0.05, 0) is 59.6 Å². The molecular weight excluding hydrogens is 400 g/mol. The fourth-order valence-electron chi connectivity index (χ4n) is 2.48. The molecule has 2 rings (SSSR count). The van der Waals surface area contributed by atoms with Crippen LogP contribution in [0.1, 0.15) is 33.2 Å². The average molecular weight is 421 g/mol. The van der Waals surface area contributed by atoms with Gasteiger partial charge < -0.3 is 20.1 Å². The minimum Gasteiger partial charge on any atom is -0.493 e. The molecule has 7 heteroatoms. The van der Waals surface area contributed by atoms with Crippen molar-refractivity contribution < 1.29 is 19.1 Å². The number of carbonyl (C=O) groups excluding carboxylic acids is 2. The van der Waals surface area contributed by atoms with Gasteiger partial charge in [0.2, 0.25) is 0 Å². The zero-order valence-electron chi connectivity index (χ0n) is 15.1. The highest BCUT2D eigenvalue weighted by Crippen LogP contribution is 2.37. The molecule has 2 aromatic rings. The number of amides is 2. The summed E-state index contributed by atoms with van der Waals surface area (Å²) in [4.78, 5) is 24.6. The lowest BCUT2D eigenvalue weighted by molar-refractivity contribution is 0.0960. The Hall–Kier alpha value is -2.54. The van der Waals surface area contributed by atoms with Crippen LogP contribution in [0.15, 0.2) is 34.8 Å². The van der Waals surface area contributed by atoms with Crippen LogP contribution in [0.4, 0.5) is 5.69 Å². The number of anilines is 1. The Morgan fingerprint density at radius 3 is 2.54 bits per heavy atom. The van der Waals surface area contributed by atoms with E-state index in [0.717, 1.165) is 0 Å². The summed E-state index contributed by atoms with van der Waals surface area (Å²) in [5.74, 6) is 0.486. The standard InChI is InChI=1S/C19H21BrN2O4/c1-5-26-17-14(20)9-12(10-16(17)25-4)18(23)22-15-8-6-7-13(11(15)2)19(24)21-3/h6-10H,5H2,1-4H3,(H,21,24)(H,22,23). The molecule has 0 radical (unpaired) electrons. The molecule has 0 atom stereocenters. The first kappa shape index (κ1) is 19.8. The number of rotatable bonds is 6. The fourth-order valence-corrected chi connectivity index (χ4v) is 3.04. The van der Waals surface area contributed by atoms with Crippen molar-refractivity contribution in [1.29, 1.82) is 0 Å². The Labute approximate surface area is 161 Å². The second-order valence-corrected chi connectivity index (χ2v) is 6.29. The van der Waals surface area contributed by atoms with Gasteiger partial charge in [-0.2, -0.15) is 0 Å². The van der Waals surface area contributed by atoms with E-state index in [4.69, 9.17) is 9.47 Å². The van der Waals surface area contributed by atoms with Gasteiger partial charge in [0.1, 0.15) is 0 Å². The van der Waals surface area contributed by atoms with E-state index in [1.54, 1.807) is 44.3 Å². The number of nitrogens with one attached hydrogen (secondary N) is 2. The van der Waals surface area contributed by atoms with Gasteiger partial charge in [-0.3, -0.25) is 9.59 Å². The molecule has 0 spiro atoms. The van der Waals surface area contributed by atoms with Crippen molar-refractivity contribution in [2.24, 2.45) is 0 Å². The van der Waals surface area contributed by atoms with Crippen LogP contribution in [0.3, 0.4) is 0 Å². The summed E-state index contributed by atoms with van der Waals surface area (Å²) in [7, 11) is 3.08.